The number of aliphatic hydroxyl groups is 1. The smallest absolute Gasteiger partial charge is 0.0473 e. The van der Waals surface area contributed by atoms with E-state index in [0.717, 1.165) is 11.8 Å². The zero-order valence-electron chi connectivity index (χ0n) is 4.40. The van der Waals surface area contributed by atoms with Gasteiger partial charge in [-0.3, -0.25) is 0 Å². The normalized spacial score (nSPS) is 44.6. The Bertz CT molecular complexity index is 96.4. The monoisotopic (exact) mass is 242 g/mol. The molecule has 0 radical (unpaired) electrons. The second kappa shape index (κ2) is 2.27. The van der Waals surface area contributed by atoms with Crippen LogP contribution in [-0.4, -0.2) is 21.4 Å². The highest BCUT2D eigenvalue weighted by molar-refractivity contribution is 9.12. The van der Waals surface area contributed by atoms with Gasteiger partial charge in [-0.1, -0.05) is 31.9 Å². The van der Waals surface area contributed by atoms with Gasteiger partial charge >= 0.3 is 0 Å². The van der Waals surface area contributed by atoms with Crippen LogP contribution in [0.4, 0.5) is 0 Å². The minimum Gasteiger partial charge on any atom is -0.396 e. The van der Waals surface area contributed by atoms with Crippen LogP contribution in [-0.2, 0) is 0 Å². The van der Waals surface area contributed by atoms with Crippen LogP contribution in [0.1, 0.15) is 6.42 Å². The summed E-state index contributed by atoms with van der Waals surface area (Å²) in [5.41, 5.74) is 0. The lowest BCUT2D eigenvalue weighted by atomic mass is 10.4. The van der Waals surface area contributed by atoms with Crippen molar-refractivity contribution in [1.29, 1.82) is 0 Å². The van der Waals surface area contributed by atoms with Gasteiger partial charge in [0.15, 0.2) is 0 Å². The number of hydrogen-bond donors (Lipinski definition) is 1. The van der Waals surface area contributed by atoms with E-state index in [4.69, 9.17) is 5.11 Å². The molecule has 1 saturated carbocycles. The average Bonchev–Trinajstić information content (AvgIpc) is 2.44. The van der Waals surface area contributed by atoms with Crippen molar-refractivity contribution < 1.29 is 5.11 Å². The standard InChI is InChI=1S/C5H8Br2O/c6-3-5(7)1-4(5)2-8/h4,8H,1-3H2/t4-,5-/m1/s1. The van der Waals surface area contributed by atoms with Crippen molar-refractivity contribution in [3.05, 3.63) is 0 Å². The maximum atomic E-state index is 8.62. The van der Waals surface area contributed by atoms with Gasteiger partial charge in [-0.25, -0.2) is 0 Å². The molecule has 0 bridgehead atoms. The maximum Gasteiger partial charge on any atom is 0.0473 e. The van der Waals surface area contributed by atoms with Gasteiger partial charge in [-0.15, -0.1) is 0 Å². The fourth-order valence-electron chi connectivity index (χ4n) is 0.743. The van der Waals surface area contributed by atoms with E-state index in [1.54, 1.807) is 0 Å². The van der Waals surface area contributed by atoms with Gasteiger partial charge in [-0.2, -0.15) is 0 Å². The third-order valence-electron chi connectivity index (χ3n) is 1.60. The number of aliphatic hydroxyl groups excluding tert-OH is 1. The molecule has 0 unspecified atom stereocenters. The second-order valence-corrected chi connectivity index (χ2v) is 4.39. The Kier molecular flexibility index (Phi) is 2.00. The van der Waals surface area contributed by atoms with Crippen LogP contribution in [0.2, 0.25) is 0 Å². The Morgan fingerprint density at radius 3 is 2.50 bits per heavy atom. The summed E-state index contributed by atoms with van der Waals surface area (Å²) >= 11 is 6.86. The van der Waals surface area contributed by atoms with Gasteiger partial charge in [0.05, 0.1) is 0 Å². The van der Waals surface area contributed by atoms with E-state index >= 15 is 0 Å². The fraction of sp³-hybridized carbons (Fsp3) is 1.00. The van der Waals surface area contributed by atoms with Crippen LogP contribution in [0.25, 0.3) is 0 Å². The highest BCUT2D eigenvalue weighted by Gasteiger charge is 2.50. The quantitative estimate of drug-likeness (QED) is 0.730. The van der Waals surface area contributed by atoms with Gasteiger partial charge in [0.25, 0.3) is 0 Å². The Hall–Kier alpha value is 0.920. The molecule has 1 nitrogen and oxygen atoms in total. The van der Waals surface area contributed by atoms with Gasteiger partial charge in [0, 0.05) is 16.3 Å². The lowest BCUT2D eigenvalue weighted by molar-refractivity contribution is 0.273. The van der Waals surface area contributed by atoms with Crippen molar-refractivity contribution in [3.8, 4) is 0 Å². The van der Waals surface area contributed by atoms with E-state index in [1.165, 1.54) is 0 Å². The van der Waals surface area contributed by atoms with Crippen molar-refractivity contribution in [2.45, 2.75) is 10.7 Å². The van der Waals surface area contributed by atoms with Crippen LogP contribution < -0.4 is 0 Å². The molecule has 1 aliphatic rings. The van der Waals surface area contributed by atoms with Gasteiger partial charge in [0.2, 0.25) is 0 Å². The molecule has 8 heavy (non-hydrogen) atoms. The van der Waals surface area contributed by atoms with Crippen LogP contribution in [0.3, 0.4) is 0 Å². The van der Waals surface area contributed by atoms with E-state index in [1.807, 2.05) is 0 Å². The molecule has 0 aromatic heterocycles. The lowest BCUT2D eigenvalue weighted by Gasteiger charge is -1.99. The van der Waals surface area contributed by atoms with Crippen molar-refractivity contribution in [2.24, 2.45) is 5.92 Å². The molecule has 0 amide bonds. The van der Waals surface area contributed by atoms with E-state index in [-0.39, 0.29) is 4.32 Å². The molecule has 0 aromatic carbocycles. The number of halogens is 2. The zero-order valence-corrected chi connectivity index (χ0v) is 7.57. The first kappa shape index (κ1) is 7.03. The summed E-state index contributed by atoms with van der Waals surface area (Å²) in [6.45, 7) is 0.316. The van der Waals surface area contributed by atoms with Crippen molar-refractivity contribution in [1.82, 2.24) is 0 Å². The van der Waals surface area contributed by atoms with Gasteiger partial charge in [0.1, 0.15) is 0 Å². The largest absolute Gasteiger partial charge is 0.396 e. The summed E-state index contributed by atoms with van der Waals surface area (Å²) < 4.78 is 0.238. The Morgan fingerprint density at radius 2 is 2.38 bits per heavy atom. The molecular weight excluding hydrogens is 236 g/mol. The highest BCUT2D eigenvalue weighted by Crippen LogP contribution is 2.51. The first-order chi connectivity index (χ1) is 3.73. The lowest BCUT2D eigenvalue weighted by Crippen LogP contribution is -2.04. The Balaban J connectivity index is 2.31. The minimum absolute atomic E-state index is 0.238. The molecule has 1 N–H and O–H groups in total. The predicted octanol–water partition coefficient (Wildman–Crippen LogP) is 1.53. The van der Waals surface area contributed by atoms with E-state index in [2.05, 4.69) is 31.9 Å². The summed E-state index contributed by atoms with van der Waals surface area (Å²) in [5.74, 6) is 0.488. The van der Waals surface area contributed by atoms with Crippen LogP contribution in [0.15, 0.2) is 0 Å². The third-order valence-corrected chi connectivity index (χ3v) is 4.60. The number of rotatable bonds is 2. The van der Waals surface area contributed by atoms with Crippen molar-refractivity contribution in [3.63, 3.8) is 0 Å². The summed E-state index contributed by atoms with van der Waals surface area (Å²) in [6, 6.07) is 0. The molecule has 2 atom stereocenters. The molecule has 1 aliphatic carbocycles. The van der Waals surface area contributed by atoms with Crippen molar-refractivity contribution >= 4 is 31.9 Å². The SMILES string of the molecule is OC[C@H]1C[C@@]1(Br)CBr. The summed E-state index contributed by atoms with van der Waals surface area (Å²) in [5, 5.41) is 9.57. The predicted molar refractivity (Wildman–Crippen MR) is 40.6 cm³/mol. The van der Waals surface area contributed by atoms with Crippen molar-refractivity contribution in [2.75, 3.05) is 11.9 Å². The zero-order chi connectivity index (χ0) is 6.20. The molecular formula is C5H8Br2O. The average molecular weight is 244 g/mol. The molecule has 1 fully saturated rings. The van der Waals surface area contributed by atoms with E-state index < -0.39 is 0 Å². The summed E-state index contributed by atoms with van der Waals surface area (Å²) in [7, 11) is 0. The van der Waals surface area contributed by atoms with Crippen LogP contribution in [0.5, 0.6) is 0 Å². The molecule has 0 heterocycles. The van der Waals surface area contributed by atoms with E-state index in [0.29, 0.717) is 12.5 Å². The Labute approximate surface area is 65.7 Å². The first-order valence-electron chi connectivity index (χ1n) is 2.58. The molecule has 3 heteroatoms. The van der Waals surface area contributed by atoms with Gasteiger partial charge < -0.3 is 5.11 Å². The number of hydrogen-bond acceptors (Lipinski definition) is 1. The molecule has 48 valence electrons. The molecule has 0 aliphatic heterocycles. The highest BCUT2D eigenvalue weighted by atomic mass is 79.9. The topological polar surface area (TPSA) is 20.2 Å². The molecule has 0 saturated heterocycles. The van der Waals surface area contributed by atoms with E-state index in [9.17, 15) is 0 Å². The minimum atomic E-state index is 0.238. The van der Waals surface area contributed by atoms with Crippen LogP contribution in [0, 0.1) is 5.92 Å². The van der Waals surface area contributed by atoms with Crippen LogP contribution >= 0.6 is 31.9 Å². The molecule has 0 aromatic rings. The summed E-state index contributed by atoms with van der Waals surface area (Å²) in [6.07, 6.45) is 1.11. The van der Waals surface area contributed by atoms with Gasteiger partial charge in [-0.05, 0) is 12.3 Å². The molecule has 0 spiro atoms. The Morgan fingerprint density at radius 1 is 1.75 bits per heavy atom. The first-order valence-corrected chi connectivity index (χ1v) is 4.50. The fourth-order valence-corrected chi connectivity index (χ4v) is 1.96. The third kappa shape index (κ3) is 1.09. The second-order valence-electron chi connectivity index (χ2n) is 2.25. The summed E-state index contributed by atoms with van der Waals surface area (Å²) in [4.78, 5) is 0. The maximum absolute atomic E-state index is 8.62. The molecule has 1 rings (SSSR count). The number of alkyl halides is 2.